The molecule has 1 aromatic heterocycles. The van der Waals surface area contributed by atoms with E-state index in [1.807, 2.05) is 36.4 Å². The van der Waals surface area contributed by atoms with E-state index in [-0.39, 0.29) is 18.3 Å². The van der Waals surface area contributed by atoms with Gasteiger partial charge >= 0.3 is 25.2 Å². The number of pyridine rings is 1. The molecule has 1 aromatic carbocycles. The maximum atomic E-state index is 7.19. The molecule has 0 radical (unpaired) electrons. The van der Waals surface area contributed by atoms with Gasteiger partial charge in [-0.05, 0) is 17.7 Å². The molecule has 0 aliphatic carbocycles. The Morgan fingerprint density at radius 3 is 2.14 bits per heavy atom. The van der Waals surface area contributed by atoms with E-state index >= 15 is 0 Å². The molecule has 0 unspecified atom stereocenters. The molecule has 0 saturated heterocycles. The van der Waals surface area contributed by atoms with E-state index in [0.717, 1.165) is 0 Å². The number of rotatable bonds is 2. The van der Waals surface area contributed by atoms with Crippen LogP contribution in [-0.4, -0.2) is 18.0 Å². The number of halogens is 2. The first kappa shape index (κ1) is 22.2. The topological polar surface area (TPSA) is 72.0 Å². The zero-order valence-corrected chi connectivity index (χ0v) is 13.8. The van der Waals surface area contributed by atoms with Gasteiger partial charge in [0, 0.05) is 12.7 Å². The summed E-state index contributed by atoms with van der Waals surface area (Å²) in [5, 5.41) is 7.19. The number of aromatic nitrogens is 1. The quantitative estimate of drug-likeness (QED) is 0.436. The molecule has 0 saturated carbocycles. The van der Waals surface area contributed by atoms with E-state index in [0.29, 0.717) is 12.2 Å². The summed E-state index contributed by atoms with van der Waals surface area (Å²) in [6.45, 7) is 0.640. The molecule has 0 aliphatic rings. The summed E-state index contributed by atoms with van der Waals surface area (Å²) >= 11 is 3.66. The molecule has 21 heavy (non-hydrogen) atoms. The van der Waals surface area contributed by atoms with Crippen molar-refractivity contribution in [3.05, 3.63) is 66.0 Å². The van der Waals surface area contributed by atoms with Crippen LogP contribution >= 0.6 is 10.1 Å². The Morgan fingerprint density at radius 1 is 1.19 bits per heavy atom. The Balaban J connectivity index is 0. The van der Waals surface area contributed by atoms with Crippen LogP contribution in [0.25, 0.3) is 0 Å². The third kappa shape index (κ3) is 10.3. The number of benzene rings is 1. The van der Waals surface area contributed by atoms with Gasteiger partial charge in [0.15, 0.2) is 0 Å². The fraction of sp³-hybridized carbons (Fsp3) is 0.143. The number of nitrogens with two attached hydrogens (primary N) is 1. The van der Waals surface area contributed by atoms with Gasteiger partial charge in [0.2, 0.25) is 5.90 Å². The first-order chi connectivity index (χ1) is 9.77. The monoisotopic (exact) mass is 376 g/mol. The van der Waals surface area contributed by atoms with Crippen molar-refractivity contribution < 1.29 is 32.2 Å². The molecule has 2 aromatic rings. The molecule has 0 bridgehead atoms. The van der Waals surface area contributed by atoms with Crippen molar-refractivity contribution in [2.75, 3.05) is 7.11 Å². The summed E-state index contributed by atoms with van der Waals surface area (Å²) in [4.78, 5) is 3.90. The SMILES string of the molecule is COC(=N)c1ccccn1.NCc1ccccc1.[Cl-].[Cl][Cu+]. The van der Waals surface area contributed by atoms with Gasteiger partial charge in [0.1, 0.15) is 5.69 Å². The van der Waals surface area contributed by atoms with Gasteiger partial charge in [-0.2, -0.15) is 0 Å². The Morgan fingerprint density at radius 2 is 1.76 bits per heavy atom. The van der Waals surface area contributed by atoms with Crippen LogP contribution < -0.4 is 18.1 Å². The van der Waals surface area contributed by atoms with E-state index in [1.165, 1.54) is 12.7 Å². The average Bonchev–Trinajstić information content (AvgIpc) is 2.58. The Hall–Kier alpha value is -1.10. The number of hydrogen-bond acceptors (Lipinski definition) is 4. The van der Waals surface area contributed by atoms with E-state index in [9.17, 15) is 0 Å². The summed E-state index contributed by atoms with van der Waals surface area (Å²) in [6.07, 6.45) is 1.63. The van der Waals surface area contributed by atoms with Crippen LogP contribution in [0, 0.1) is 5.41 Å². The van der Waals surface area contributed by atoms with Gasteiger partial charge in [-0.3, -0.25) is 10.4 Å². The Kier molecular flexibility index (Phi) is 16.2. The summed E-state index contributed by atoms with van der Waals surface area (Å²) in [7, 11) is 5.66. The van der Waals surface area contributed by atoms with Crippen molar-refractivity contribution in [1.29, 1.82) is 5.41 Å². The molecule has 0 aliphatic heterocycles. The molecule has 2 rings (SSSR count). The molecule has 1 heterocycles. The zero-order valence-electron chi connectivity index (χ0n) is 11.4. The van der Waals surface area contributed by atoms with Gasteiger partial charge in [-0.1, -0.05) is 36.4 Å². The van der Waals surface area contributed by atoms with Gasteiger partial charge in [-0.15, -0.1) is 0 Å². The van der Waals surface area contributed by atoms with Crippen molar-refractivity contribution in [3.8, 4) is 0 Å². The van der Waals surface area contributed by atoms with Gasteiger partial charge in [-0.25, -0.2) is 0 Å². The van der Waals surface area contributed by atoms with Gasteiger partial charge < -0.3 is 22.9 Å². The Labute approximate surface area is 144 Å². The normalized spacial score (nSPS) is 8.05. The summed E-state index contributed by atoms with van der Waals surface area (Å²) in [5.41, 5.74) is 7.10. The van der Waals surface area contributed by atoms with Crippen LogP contribution in [0.2, 0.25) is 0 Å². The summed E-state index contributed by atoms with van der Waals surface area (Å²) in [5.74, 6) is 0.0978. The Bertz CT molecular complexity index is 472. The van der Waals surface area contributed by atoms with Crippen molar-refractivity contribution >= 4 is 16.0 Å². The molecular formula is C14H17Cl2CuN3O. The average molecular weight is 378 g/mol. The molecule has 0 amide bonds. The molecule has 3 N–H and O–H groups in total. The molecule has 0 spiro atoms. The first-order valence-electron chi connectivity index (χ1n) is 5.67. The molecule has 0 fully saturated rings. The third-order valence-electron chi connectivity index (χ3n) is 2.18. The minimum absolute atomic E-state index is 0. The second kappa shape index (κ2) is 15.3. The second-order valence-corrected chi connectivity index (χ2v) is 3.44. The van der Waals surface area contributed by atoms with Crippen LogP contribution in [0.4, 0.5) is 0 Å². The van der Waals surface area contributed by atoms with Crippen molar-refractivity contribution in [1.82, 2.24) is 4.98 Å². The van der Waals surface area contributed by atoms with Crippen molar-refractivity contribution in [3.63, 3.8) is 0 Å². The van der Waals surface area contributed by atoms with Crippen molar-refractivity contribution in [2.45, 2.75) is 6.54 Å². The van der Waals surface area contributed by atoms with Crippen molar-refractivity contribution in [2.24, 2.45) is 5.73 Å². The minimum atomic E-state index is 0. The van der Waals surface area contributed by atoms with E-state index in [2.05, 4.69) is 34.9 Å². The number of nitrogens with one attached hydrogen (secondary N) is 1. The van der Waals surface area contributed by atoms with Crippen LogP contribution in [-0.2, 0) is 26.4 Å². The molecule has 119 valence electrons. The van der Waals surface area contributed by atoms with E-state index in [4.69, 9.17) is 11.1 Å². The van der Waals surface area contributed by atoms with Crippen LogP contribution in [0.5, 0.6) is 0 Å². The molecule has 0 atom stereocenters. The molecule has 4 nitrogen and oxygen atoms in total. The summed E-state index contributed by atoms with van der Waals surface area (Å²) in [6, 6.07) is 15.3. The van der Waals surface area contributed by atoms with Crippen LogP contribution in [0.1, 0.15) is 11.3 Å². The number of ether oxygens (including phenoxy) is 1. The fourth-order valence-electron chi connectivity index (χ4n) is 1.22. The second-order valence-electron chi connectivity index (χ2n) is 3.44. The van der Waals surface area contributed by atoms with E-state index < -0.39 is 0 Å². The maximum absolute atomic E-state index is 7.19. The summed E-state index contributed by atoms with van der Waals surface area (Å²) < 4.78 is 4.66. The number of methoxy groups -OCH3 is 1. The standard InChI is InChI=1S/C7H8N2O.C7H9N.2ClH.Cu/c1-10-7(8)6-4-2-3-5-9-6;8-6-7-4-2-1-3-5-7;;;/h2-5,8H,1H3;1-5H,6,8H2;2*1H;/q;;;;+2/p-2. The number of hydrogen-bond donors (Lipinski definition) is 2. The third-order valence-corrected chi connectivity index (χ3v) is 2.18. The van der Waals surface area contributed by atoms with Gasteiger partial charge in [0.25, 0.3) is 0 Å². The van der Waals surface area contributed by atoms with Gasteiger partial charge in [0.05, 0.1) is 7.11 Å². The molecular weight excluding hydrogens is 361 g/mol. The van der Waals surface area contributed by atoms with Crippen LogP contribution in [0.15, 0.2) is 54.7 Å². The fourth-order valence-corrected chi connectivity index (χ4v) is 1.22. The predicted molar refractivity (Wildman–Crippen MR) is 78.3 cm³/mol. The zero-order chi connectivity index (χ0) is 15.2. The number of nitrogens with zero attached hydrogens (tertiary/aromatic N) is 1. The van der Waals surface area contributed by atoms with Crippen LogP contribution in [0.3, 0.4) is 0 Å². The van der Waals surface area contributed by atoms with E-state index in [1.54, 1.807) is 18.3 Å². The molecule has 7 heteroatoms. The predicted octanol–water partition coefficient (Wildman–Crippen LogP) is -0.110. The first-order valence-corrected chi connectivity index (χ1v) is 6.96.